The molecule has 2 saturated heterocycles. The number of H-pyrrole nitrogens is 1. The van der Waals surface area contributed by atoms with Gasteiger partial charge in [-0.15, -0.1) is 5.10 Å². The number of ether oxygens (including phenoxy) is 1. The number of nitrogens with one attached hydrogen (secondary N) is 1. The molecule has 2 aliphatic heterocycles. The van der Waals surface area contributed by atoms with Crippen LogP contribution in [0, 0.1) is 0 Å². The Hall–Kier alpha value is -2.65. The fraction of sp³-hybridized carbons (Fsp3) is 0.444. The van der Waals surface area contributed by atoms with Crippen molar-refractivity contribution in [3.63, 3.8) is 0 Å². The molecule has 0 radical (unpaired) electrons. The van der Waals surface area contributed by atoms with Gasteiger partial charge in [-0.25, -0.2) is 0 Å². The number of halogens is 1. The molecule has 5 rings (SSSR count). The van der Waals surface area contributed by atoms with Gasteiger partial charge in [-0.2, -0.15) is 20.3 Å². The molecule has 2 fully saturated rings. The number of hydrogen-bond acceptors (Lipinski definition) is 8. The van der Waals surface area contributed by atoms with Crippen LogP contribution in [0.1, 0.15) is 0 Å². The fourth-order valence-corrected chi connectivity index (χ4v) is 3.97. The van der Waals surface area contributed by atoms with E-state index in [1.807, 2.05) is 18.2 Å². The Labute approximate surface area is 167 Å². The number of hydrogen-bond donors (Lipinski definition) is 1. The second-order valence-corrected chi connectivity index (χ2v) is 7.28. The van der Waals surface area contributed by atoms with E-state index in [4.69, 9.17) is 21.3 Å². The Morgan fingerprint density at radius 1 is 0.857 bits per heavy atom. The maximum absolute atomic E-state index is 6.36. The average Bonchev–Trinajstić information content (AvgIpc) is 3.23. The monoisotopic (exact) mass is 400 g/mol. The highest BCUT2D eigenvalue weighted by Crippen LogP contribution is 2.28. The van der Waals surface area contributed by atoms with Crippen molar-refractivity contribution >= 4 is 40.2 Å². The lowest BCUT2D eigenvalue weighted by atomic mass is 10.2. The van der Waals surface area contributed by atoms with Gasteiger partial charge in [0.2, 0.25) is 11.6 Å². The number of morpholine rings is 1. The maximum atomic E-state index is 6.36. The van der Waals surface area contributed by atoms with Crippen LogP contribution < -0.4 is 14.7 Å². The average molecular weight is 401 g/mol. The first kappa shape index (κ1) is 17.4. The van der Waals surface area contributed by atoms with Crippen LogP contribution in [0.3, 0.4) is 0 Å². The summed E-state index contributed by atoms with van der Waals surface area (Å²) in [5.74, 6) is 1.52. The van der Waals surface area contributed by atoms with E-state index in [9.17, 15) is 0 Å². The van der Waals surface area contributed by atoms with Crippen LogP contribution in [0.5, 0.6) is 0 Å². The number of fused-ring (bicyclic) bond motifs is 1. The largest absolute Gasteiger partial charge is 0.378 e. The van der Waals surface area contributed by atoms with Crippen molar-refractivity contribution in [3.05, 3.63) is 29.3 Å². The summed E-state index contributed by atoms with van der Waals surface area (Å²) < 4.78 is 5.47. The summed E-state index contributed by atoms with van der Waals surface area (Å²) in [6, 6.07) is 7.96. The smallest absolute Gasteiger partial charge is 0.229 e. The lowest BCUT2D eigenvalue weighted by Gasteiger charge is -2.36. The number of rotatable bonds is 3. The number of piperazine rings is 1. The summed E-state index contributed by atoms with van der Waals surface area (Å²) in [5, 5.41) is 11.9. The Bertz CT molecular complexity index is 965. The van der Waals surface area contributed by atoms with E-state index in [2.05, 4.69) is 41.2 Å². The van der Waals surface area contributed by atoms with Gasteiger partial charge >= 0.3 is 0 Å². The zero-order chi connectivity index (χ0) is 18.9. The third-order valence-corrected chi connectivity index (χ3v) is 5.54. The summed E-state index contributed by atoms with van der Waals surface area (Å²) in [6.45, 7) is 6.31. The van der Waals surface area contributed by atoms with Gasteiger partial charge in [-0.1, -0.05) is 23.7 Å². The van der Waals surface area contributed by atoms with Crippen molar-refractivity contribution in [1.82, 2.24) is 25.4 Å². The molecule has 0 amide bonds. The zero-order valence-corrected chi connectivity index (χ0v) is 16.1. The van der Waals surface area contributed by atoms with Crippen molar-refractivity contribution in [2.75, 3.05) is 67.2 Å². The molecule has 2 aromatic heterocycles. The first-order chi connectivity index (χ1) is 13.8. The number of para-hydroxylation sites is 1. The van der Waals surface area contributed by atoms with E-state index < -0.39 is 0 Å². The van der Waals surface area contributed by atoms with Gasteiger partial charge in [0.1, 0.15) is 0 Å². The third-order valence-electron chi connectivity index (χ3n) is 5.22. The highest BCUT2D eigenvalue weighted by atomic mass is 35.5. The molecule has 0 bridgehead atoms. The van der Waals surface area contributed by atoms with Crippen LogP contribution in [0.2, 0.25) is 5.02 Å². The van der Waals surface area contributed by atoms with Gasteiger partial charge in [0, 0.05) is 39.3 Å². The predicted octanol–water partition coefficient (Wildman–Crippen LogP) is 1.56. The third kappa shape index (κ3) is 3.20. The lowest BCUT2D eigenvalue weighted by molar-refractivity contribution is 0.122. The van der Waals surface area contributed by atoms with Gasteiger partial charge in [-0.3, -0.25) is 0 Å². The number of aromatic amines is 1. The maximum Gasteiger partial charge on any atom is 0.229 e. The molecule has 28 heavy (non-hydrogen) atoms. The Balaban J connectivity index is 1.39. The number of benzene rings is 1. The quantitative estimate of drug-likeness (QED) is 0.709. The minimum atomic E-state index is 0.597. The van der Waals surface area contributed by atoms with Crippen molar-refractivity contribution in [2.45, 2.75) is 0 Å². The van der Waals surface area contributed by atoms with Crippen LogP contribution in [0.25, 0.3) is 11.2 Å². The van der Waals surface area contributed by atoms with E-state index in [1.165, 1.54) is 0 Å². The fourth-order valence-electron chi connectivity index (χ4n) is 3.71. The van der Waals surface area contributed by atoms with E-state index >= 15 is 0 Å². The normalized spacial score (nSPS) is 18.1. The van der Waals surface area contributed by atoms with Crippen molar-refractivity contribution < 1.29 is 4.74 Å². The molecular weight excluding hydrogens is 380 g/mol. The zero-order valence-electron chi connectivity index (χ0n) is 15.4. The Kier molecular flexibility index (Phi) is 4.61. The van der Waals surface area contributed by atoms with Gasteiger partial charge in [0.05, 0.1) is 23.9 Å². The molecule has 0 saturated carbocycles. The molecule has 0 aliphatic carbocycles. The first-order valence-electron chi connectivity index (χ1n) is 9.45. The molecule has 1 aromatic carbocycles. The molecule has 3 aromatic rings. The first-order valence-corrected chi connectivity index (χ1v) is 9.83. The minimum Gasteiger partial charge on any atom is -0.378 e. The SMILES string of the molecule is Clc1ccccc1N1CCN(c2nc(N3CCOCC3)c3n[nH]nc3n2)CC1. The highest BCUT2D eigenvalue weighted by molar-refractivity contribution is 6.33. The summed E-state index contributed by atoms with van der Waals surface area (Å²) in [5.41, 5.74) is 2.38. The van der Waals surface area contributed by atoms with Crippen LogP contribution in [-0.2, 0) is 4.74 Å². The second-order valence-electron chi connectivity index (χ2n) is 6.87. The molecular formula is C18H21ClN8O. The van der Waals surface area contributed by atoms with Crippen LogP contribution >= 0.6 is 11.6 Å². The van der Waals surface area contributed by atoms with Crippen LogP contribution in [-0.4, -0.2) is 77.9 Å². The number of aromatic nitrogens is 5. The molecule has 1 N–H and O–H groups in total. The molecule has 4 heterocycles. The molecule has 146 valence electrons. The topological polar surface area (TPSA) is 86.3 Å². The molecule has 0 spiro atoms. The highest BCUT2D eigenvalue weighted by Gasteiger charge is 2.25. The minimum absolute atomic E-state index is 0.597. The summed E-state index contributed by atoms with van der Waals surface area (Å²) in [4.78, 5) is 16.2. The van der Waals surface area contributed by atoms with Gasteiger partial charge in [0.15, 0.2) is 11.3 Å². The Morgan fingerprint density at radius 2 is 1.61 bits per heavy atom. The van der Waals surface area contributed by atoms with E-state index in [0.29, 0.717) is 30.3 Å². The molecule has 10 heteroatoms. The van der Waals surface area contributed by atoms with Gasteiger partial charge in [-0.05, 0) is 12.1 Å². The van der Waals surface area contributed by atoms with Crippen molar-refractivity contribution in [3.8, 4) is 0 Å². The summed E-state index contributed by atoms with van der Waals surface area (Å²) in [7, 11) is 0. The van der Waals surface area contributed by atoms with Gasteiger partial charge in [0.25, 0.3) is 0 Å². The standard InChI is InChI=1S/C18H21ClN8O/c19-13-3-1-2-4-14(13)25-5-7-27(8-6-25)18-20-16-15(22-24-23-16)17(21-18)26-9-11-28-12-10-26/h1-4H,5-12H2,(H,20,21,22,23,24). The van der Waals surface area contributed by atoms with Crippen LogP contribution in [0.4, 0.5) is 17.5 Å². The molecule has 9 nitrogen and oxygen atoms in total. The molecule has 2 aliphatic rings. The number of nitrogens with zero attached hydrogens (tertiary/aromatic N) is 7. The van der Waals surface area contributed by atoms with E-state index in [0.717, 1.165) is 55.8 Å². The van der Waals surface area contributed by atoms with E-state index in [-0.39, 0.29) is 0 Å². The van der Waals surface area contributed by atoms with Gasteiger partial charge < -0.3 is 19.4 Å². The van der Waals surface area contributed by atoms with Crippen molar-refractivity contribution in [2.24, 2.45) is 0 Å². The van der Waals surface area contributed by atoms with Crippen molar-refractivity contribution in [1.29, 1.82) is 0 Å². The summed E-state index contributed by atoms with van der Waals surface area (Å²) in [6.07, 6.45) is 0. The van der Waals surface area contributed by atoms with E-state index in [1.54, 1.807) is 0 Å². The lowest BCUT2D eigenvalue weighted by Crippen LogP contribution is -2.47. The summed E-state index contributed by atoms with van der Waals surface area (Å²) >= 11 is 6.36. The second kappa shape index (κ2) is 7.40. The predicted molar refractivity (Wildman–Crippen MR) is 108 cm³/mol. The molecule has 0 unspecified atom stereocenters. The Morgan fingerprint density at radius 3 is 2.39 bits per heavy atom. The van der Waals surface area contributed by atoms with Crippen LogP contribution in [0.15, 0.2) is 24.3 Å². The number of anilines is 3. The molecule has 0 atom stereocenters.